The van der Waals surface area contributed by atoms with E-state index in [1.165, 1.54) is 19.3 Å². The second kappa shape index (κ2) is 25.4. The zero-order valence-corrected chi connectivity index (χ0v) is 44.6. The standard InChI is InChI=1S/C19H20N8.C14H10ClN7.C8H8N4.C6H3Cl2N3.C5H11NO/c1-14-5-3-9-26(14)19-23-18(16-7-4-10-27(16)24-19)22-17-12-25(13-21-17)15-6-2-8-20-11-15;15-14-19-13(11-4-2-6-22(11)20-14)18-12-8-21(9-17-12)10-3-1-5-16-7-10;9-8-5-12(6-11-8)7-2-1-3-10-4-7;7-5-4-2-1-3-11(4)10-6(8)9-5;7-4-5-2-1-3-6-5/h2,4,6-8,10-14H,3,5,9H2,1H3,(H,22,23,24);1-9H,(H,18,19,20);1-6H,9H2;1-3H;5-7H,1-4H2/t14-;;;;5-/m1...0/s1. The lowest BCUT2D eigenvalue weighted by Crippen LogP contribution is -2.29. The lowest BCUT2D eigenvalue weighted by molar-refractivity contribution is 0.255. The van der Waals surface area contributed by atoms with Crippen molar-refractivity contribution in [2.24, 2.45) is 0 Å². The molecule has 2 aliphatic heterocycles. The normalized spacial score (nSPS) is 14.6. The molecule has 12 aromatic rings. The highest BCUT2D eigenvalue weighted by Crippen LogP contribution is 2.27. The van der Waals surface area contributed by atoms with E-state index in [2.05, 4.69) is 82.9 Å². The maximum absolute atomic E-state index is 8.50. The smallest absolute Gasteiger partial charge is 0.245 e. The molecule has 14 rings (SSSR count). The van der Waals surface area contributed by atoms with Crippen LogP contribution in [0.1, 0.15) is 32.6 Å². The summed E-state index contributed by atoms with van der Waals surface area (Å²) in [6.07, 6.45) is 31.4. The van der Waals surface area contributed by atoms with Gasteiger partial charge in [0.15, 0.2) is 16.8 Å². The Morgan fingerprint density at radius 1 is 0.608 bits per heavy atom. The van der Waals surface area contributed by atoms with Crippen molar-refractivity contribution in [3.05, 3.63) is 182 Å². The molecule has 0 radical (unpaired) electrons. The first-order valence-electron chi connectivity index (χ1n) is 24.9. The van der Waals surface area contributed by atoms with Gasteiger partial charge in [0, 0.05) is 55.8 Å². The Kier molecular flexibility index (Phi) is 17.1. The fraction of sp³-hybridized carbons (Fsp3) is 0.192. The van der Waals surface area contributed by atoms with Crippen LogP contribution >= 0.6 is 34.8 Å². The number of fused-ring (bicyclic) bond motifs is 3. The summed E-state index contributed by atoms with van der Waals surface area (Å²) in [6.45, 7) is 4.60. The first kappa shape index (κ1) is 53.3. The maximum Gasteiger partial charge on any atom is 0.245 e. The van der Waals surface area contributed by atoms with Crippen molar-refractivity contribution >= 4 is 86.4 Å². The van der Waals surface area contributed by atoms with Crippen LogP contribution in [0.3, 0.4) is 0 Å². The molecule has 0 unspecified atom stereocenters. The van der Waals surface area contributed by atoms with Crippen LogP contribution in [-0.2, 0) is 0 Å². The van der Waals surface area contributed by atoms with Crippen molar-refractivity contribution in [2.75, 3.05) is 41.0 Å². The van der Waals surface area contributed by atoms with Gasteiger partial charge in [-0.15, -0.1) is 15.3 Å². The number of rotatable bonds is 9. The number of nitrogens with one attached hydrogen (secondary N) is 3. The van der Waals surface area contributed by atoms with Gasteiger partial charge < -0.3 is 45.4 Å². The van der Waals surface area contributed by atoms with Crippen LogP contribution in [0.5, 0.6) is 0 Å². The molecule has 0 saturated carbocycles. The molecule has 402 valence electrons. The Morgan fingerprint density at radius 3 is 1.61 bits per heavy atom. The summed E-state index contributed by atoms with van der Waals surface area (Å²) in [5.41, 5.74) is 10.8. The van der Waals surface area contributed by atoms with Gasteiger partial charge in [0.25, 0.3) is 0 Å². The van der Waals surface area contributed by atoms with Crippen molar-refractivity contribution < 1.29 is 5.11 Å². The summed E-state index contributed by atoms with van der Waals surface area (Å²) in [7, 11) is 0. The van der Waals surface area contributed by atoms with E-state index in [0.29, 0.717) is 41.3 Å². The number of hydrogen-bond donors (Lipinski definition) is 5. The molecule has 14 heterocycles. The maximum atomic E-state index is 8.50. The second-order valence-corrected chi connectivity index (χ2v) is 18.8. The fourth-order valence-electron chi connectivity index (χ4n) is 8.45. The van der Waals surface area contributed by atoms with Gasteiger partial charge in [-0.05, 0) is 135 Å². The van der Waals surface area contributed by atoms with Crippen molar-refractivity contribution in [2.45, 2.75) is 44.7 Å². The van der Waals surface area contributed by atoms with Crippen molar-refractivity contribution in [3.63, 3.8) is 0 Å². The Hall–Kier alpha value is -9.07. The zero-order valence-electron chi connectivity index (χ0n) is 42.3. The number of pyridine rings is 3. The van der Waals surface area contributed by atoms with Crippen molar-refractivity contribution in [1.29, 1.82) is 0 Å². The molecule has 0 bridgehead atoms. The Balaban J connectivity index is 0.000000120. The number of nitrogen functional groups attached to an aromatic ring is 1. The van der Waals surface area contributed by atoms with Gasteiger partial charge in [0.1, 0.15) is 53.0 Å². The summed E-state index contributed by atoms with van der Waals surface area (Å²) in [5, 5.41) is 31.5. The molecular formula is C52H52Cl3N23O. The minimum Gasteiger partial charge on any atom is -0.395 e. The highest BCUT2D eigenvalue weighted by molar-refractivity contribution is 6.34. The third-order valence-electron chi connectivity index (χ3n) is 12.4. The molecule has 0 amide bonds. The van der Waals surface area contributed by atoms with E-state index in [-0.39, 0.29) is 10.6 Å². The molecule has 2 atom stereocenters. The second-order valence-electron chi connectivity index (χ2n) is 17.8. The van der Waals surface area contributed by atoms with Gasteiger partial charge in [-0.25, -0.2) is 33.5 Å². The van der Waals surface area contributed by atoms with Crippen molar-refractivity contribution in [1.82, 2.24) is 92.7 Å². The average molecular weight is 1120 g/mol. The molecule has 6 N–H and O–H groups in total. The summed E-state index contributed by atoms with van der Waals surface area (Å²) in [6, 6.07) is 23.8. The van der Waals surface area contributed by atoms with E-state index >= 15 is 0 Å². The predicted molar refractivity (Wildman–Crippen MR) is 303 cm³/mol. The number of nitrogens with two attached hydrogens (primary N) is 1. The number of aliphatic hydroxyl groups is 1. The largest absolute Gasteiger partial charge is 0.395 e. The third kappa shape index (κ3) is 13.6. The van der Waals surface area contributed by atoms with Gasteiger partial charge in [-0.2, -0.15) is 9.97 Å². The quantitative estimate of drug-likeness (QED) is 0.0908. The molecule has 0 aliphatic carbocycles. The van der Waals surface area contributed by atoms with E-state index in [4.69, 9.17) is 50.6 Å². The third-order valence-corrected chi connectivity index (χ3v) is 12.9. The van der Waals surface area contributed by atoms with Crippen LogP contribution in [-0.4, -0.2) is 124 Å². The Labute approximate surface area is 466 Å². The molecular weight excluding hydrogens is 1070 g/mol. The number of imidazole rings is 3. The number of hydrogen-bond acceptors (Lipinski definition) is 18. The van der Waals surface area contributed by atoms with E-state index < -0.39 is 0 Å². The van der Waals surface area contributed by atoms with Gasteiger partial charge in [-0.1, -0.05) is 11.6 Å². The van der Waals surface area contributed by atoms with Crippen LogP contribution in [0.25, 0.3) is 33.6 Å². The fourth-order valence-corrected chi connectivity index (χ4v) is 9.06. The van der Waals surface area contributed by atoms with Crippen LogP contribution in [0.4, 0.5) is 35.0 Å². The van der Waals surface area contributed by atoms with E-state index in [1.807, 2.05) is 116 Å². The van der Waals surface area contributed by atoms with Crippen LogP contribution in [0.15, 0.2) is 166 Å². The molecule has 27 heteroatoms. The molecule has 24 nitrogen and oxygen atoms in total. The van der Waals surface area contributed by atoms with E-state index in [0.717, 1.165) is 70.7 Å². The van der Waals surface area contributed by atoms with E-state index in [9.17, 15) is 0 Å². The number of halogens is 3. The first-order chi connectivity index (χ1) is 38.6. The molecule has 2 aliphatic rings. The molecule has 0 spiro atoms. The average Bonchev–Trinajstić information content (AvgIpc) is 4.38. The Bertz CT molecular complexity index is 3840. The van der Waals surface area contributed by atoms with Crippen molar-refractivity contribution in [3.8, 4) is 17.1 Å². The Morgan fingerprint density at radius 2 is 1.13 bits per heavy atom. The number of anilines is 6. The zero-order chi connectivity index (χ0) is 54.5. The van der Waals surface area contributed by atoms with Gasteiger partial charge >= 0.3 is 0 Å². The summed E-state index contributed by atoms with van der Waals surface area (Å²) in [4.78, 5) is 40.0. The van der Waals surface area contributed by atoms with Crippen LogP contribution in [0, 0.1) is 0 Å². The van der Waals surface area contributed by atoms with Crippen LogP contribution < -0.4 is 26.6 Å². The van der Waals surface area contributed by atoms with Gasteiger partial charge in [-0.3, -0.25) is 15.0 Å². The lowest BCUT2D eigenvalue weighted by atomic mass is 10.2. The monoisotopic (exact) mass is 1120 g/mol. The van der Waals surface area contributed by atoms with Gasteiger partial charge in [0.2, 0.25) is 16.5 Å². The molecule has 12 aromatic heterocycles. The number of aliphatic hydroxyl groups excluding tert-OH is 1. The van der Waals surface area contributed by atoms with E-state index in [1.54, 1.807) is 77.6 Å². The number of aromatic nitrogens is 18. The number of nitrogens with zero attached hydrogens (tertiary/aromatic N) is 19. The minimum atomic E-state index is 0.152. The first-order valence-corrected chi connectivity index (χ1v) is 26.0. The minimum absolute atomic E-state index is 0.152. The topological polar surface area (TPSA) is 268 Å². The summed E-state index contributed by atoms with van der Waals surface area (Å²) >= 11 is 17.2. The molecule has 2 saturated heterocycles. The summed E-state index contributed by atoms with van der Waals surface area (Å²) < 4.78 is 10.7. The lowest BCUT2D eigenvalue weighted by Gasteiger charge is -2.22. The highest BCUT2D eigenvalue weighted by atomic mass is 35.5. The van der Waals surface area contributed by atoms with Gasteiger partial charge in [0.05, 0.1) is 60.9 Å². The SMILES string of the molecule is C[C@@H]1CCCN1c1nc(Nc2cn(-c3cccnc3)cn2)c2cccn2n1.Clc1nc(Cl)c2cccn2n1.Clc1nc(Nc2cn(-c3cccnc3)cn2)c2cccn2n1.Nc1cn(-c2cccnc2)cn1.OC[C@@H]1CCCN1. The predicted octanol–water partition coefficient (Wildman–Crippen LogP) is 8.37. The highest BCUT2D eigenvalue weighted by Gasteiger charge is 2.24. The molecule has 0 aromatic carbocycles. The molecule has 2 fully saturated rings. The molecule has 79 heavy (non-hydrogen) atoms. The van der Waals surface area contributed by atoms with Crippen LogP contribution in [0.2, 0.25) is 15.7 Å². The summed E-state index contributed by atoms with van der Waals surface area (Å²) in [5.74, 6) is 3.99.